The van der Waals surface area contributed by atoms with Crippen LogP contribution in [0, 0.1) is 5.92 Å². The lowest BCUT2D eigenvalue weighted by Gasteiger charge is -2.35. The van der Waals surface area contributed by atoms with Gasteiger partial charge in [-0.3, -0.25) is 9.78 Å². The highest BCUT2D eigenvalue weighted by atomic mass is 32.2. The Morgan fingerprint density at radius 3 is 2.65 bits per heavy atom. The van der Waals surface area contributed by atoms with Gasteiger partial charge in [0.15, 0.2) is 5.17 Å². The second kappa shape index (κ2) is 8.34. The van der Waals surface area contributed by atoms with Gasteiger partial charge in [0.1, 0.15) is 11.1 Å². The smallest absolute Gasteiger partial charge is 0.410 e. The summed E-state index contributed by atoms with van der Waals surface area (Å²) in [5.41, 5.74) is 0.262. The molecule has 2 aliphatic rings. The van der Waals surface area contributed by atoms with Crippen molar-refractivity contribution in [2.75, 3.05) is 18.8 Å². The molecule has 0 radical (unpaired) electrons. The molecule has 2 aliphatic heterocycles. The second-order valence-electron chi connectivity index (χ2n) is 8.77. The van der Waals surface area contributed by atoms with E-state index in [1.54, 1.807) is 29.4 Å². The first kappa shape index (κ1) is 21.4. The van der Waals surface area contributed by atoms with Gasteiger partial charge in [-0.1, -0.05) is 36.0 Å². The van der Waals surface area contributed by atoms with E-state index in [-0.39, 0.29) is 17.9 Å². The van der Waals surface area contributed by atoms with Crippen molar-refractivity contribution in [3.05, 3.63) is 66.0 Å². The van der Waals surface area contributed by atoms with E-state index in [1.807, 2.05) is 51.1 Å². The van der Waals surface area contributed by atoms with Gasteiger partial charge in [0.2, 0.25) is 0 Å². The number of rotatable bonds is 2. The molecule has 0 saturated carbocycles. The first-order chi connectivity index (χ1) is 14.8. The van der Waals surface area contributed by atoms with Gasteiger partial charge in [-0.25, -0.2) is 9.79 Å². The molecule has 2 unspecified atom stereocenters. The Bertz CT molecular complexity index is 991. The van der Waals surface area contributed by atoms with Crippen molar-refractivity contribution in [2.24, 2.45) is 10.9 Å². The number of nitrogens with zero attached hydrogens (tertiary/aromatic N) is 3. The van der Waals surface area contributed by atoms with Crippen LogP contribution in [0.5, 0.6) is 0 Å². The van der Waals surface area contributed by atoms with E-state index in [0.29, 0.717) is 23.8 Å². The van der Waals surface area contributed by atoms with Crippen LogP contribution in [-0.4, -0.2) is 51.5 Å². The molecule has 1 aromatic carbocycles. The lowest BCUT2D eigenvalue weighted by atomic mass is 9.83. The van der Waals surface area contributed by atoms with Crippen LogP contribution in [0.4, 0.5) is 4.79 Å². The van der Waals surface area contributed by atoms with Crippen molar-refractivity contribution in [3.8, 4) is 0 Å². The molecule has 2 atom stereocenters. The Balaban J connectivity index is 1.64. The van der Waals surface area contributed by atoms with Crippen molar-refractivity contribution in [1.29, 1.82) is 0 Å². The summed E-state index contributed by atoms with van der Waals surface area (Å²) in [6.07, 6.45) is 3.16. The standard InChI is InChI=1S/C23H26N4O3S/c1-22(2,3)30-21(29)27-13-18-14-31-20(25-19(28)16-8-5-4-6-9-16)26-23(18,15-27)17-10-7-11-24-12-17/h4-12,18H,13-15H2,1-3H3,(H,25,26,28). The molecule has 1 N–H and O–H groups in total. The van der Waals surface area contributed by atoms with Crippen LogP contribution >= 0.6 is 11.8 Å². The Hall–Kier alpha value is -2.87. The number of benzene rings is 1. The molecular formula is C23H26N4O3S. The molecule has 8 heteroatoms. The summed E-state index contributed by atoms with van der Waals surface area (Å²) in [4.78, 5) is 36.5. The lowest BCUT2D eigenvalue weighted by molar-refractivity contribution is 0.0282. The van der Waals surface area contributed by atoms with Gasteiger partial charge in [0.25, 0.3) is 5.91 Å². The predicted molar refractivity (Wildman–Crippen MR) is 121 cm³/mol. The molecule has 7 nitrogen and oxygen atoms in total. The molecule has 4 rings (SSSR count). The number of pyridine rings is 1. The molecule has 162 valence electrons. The third-order valence-corrected chi connectivity index (χ3v) is 6.38. The van der Waals surface area contributed by atoms with Crippen molar-refractivity contribution < 1.29 is 14.3 Å². The number of thioether (sulfide) groups is 1. The van der Waals surface area contributed by atoms with E-state index in [9.17, 15) is 9.59 Å². The Morgan fingerprint density at radius 1 is 1.19 bits per heavy atom. The van der Waals surface area contributed by atoms with Crippen LogP contribution < -0.4 is 5.32 Å². The van der Waals surface area contributed by atoms with Crippen LogP contribution in [0.15, 0.2) is 59.9 Å². The number of nitrogens with one attached hydrogen (secondary N) is 1. The van der Waals surface area contributed by atoms with Gasteiger partial charge >= 0.3 is 6.09 Å². The fraction of sp³-hybridized carbons (Fsp3) is 0.391. The number of aromatic nitrogens is 1. The molecular weight excluding hydrogens is 412 g/mol. The Labute approximate surface area is 186 Å². The summed E-state index contributed by atoms with van der Waals surface area (Å²) < 4.78 is 5.60. The third-order valence-electron chi connectivity index (χ3n) is 5.34. The summed E-state index contributed by atoms with van der Waals surface area (Å²) in [5.74, 6) is 0.613. The monoisotopic (exact) mass is 438 g/mol. The molecule has 3 heterocycles. The second-order valence-corrected chi connectivity index (χ2v) is 9.78. The topological polar surface area (TPSA) is 83.9 Å². The molecule has 1 saturated heterocycles. The molecule has 2 amide bonds. The van der Waals surface area contributed by atoms with E-state index in [4.69, 9.17) is 9.73 Å². The molecule has 31 heavy (non-hydrogen) atoms. The van der Waals surface area contributed by atoms with Crippen LogP contribution in [-0.2, 0) is 10.3 Å². The van der Waals surface area contributed by atoms with Crippen LogP contribution in [0.1, 0.15) is 36.7 Å². The van der Waals surface area contributed by atoms with Crippen molar-refractivity contribution in [1.82, 2.24) is 15.2 Å². The maximum Gasteiger partial charge on any atom is 0.410 e. The largest absolute Gasteiger partial charge is 0.444 e. The average Bonchev–Trinajstić information content (AvgIpc) is 3.14. The van der Waals surface area contributed by atoms with E-state index in [2.05, 4.69) is 10.3 Å². The zero-order valence-electron chi connectivity index (χ0n) is 17.9. The van der Waals surface area contributed by atoms with Crippen molar-refractivity contribution >= 4 is 28.9 Å². The summed E-state index contributed by atoms with van der Waals surface area (Å²) >= 11 is 1.50. The summed E-state index contributed by atoms with van der Waals surface area (Å²) in [6, 6.07) is 12.9. The van der Waals surface area contributed by atoms with E-state index < -0.39 is 11.1 Å². The highest BCUT2D eigenvalue weighted by Gasteiger charge is 2.52. The Kier molecular flexibility index (Phi) is 5.75. The van der Waals surface area contributed by atoms with Crippen LogP contribution in [0.25, 0.3) is 0 Å². The van der Waals surface area contributed by atoms with E-state index >= 15 is 0 Å². The minimum absolute atomic E-state index is 0.0894. The molecule has 0 bridgehead atoms. The number of hydrogen-bond acceptors (Lipinski definition) is 6. The minimum atomic E-state index is -0.671. The Morgan fingerprint density at radius 2 is 1.97 bits per heavy atom. The maximum absolute atomic E-state index is 12.8. The number of amides is 2. The van der Waals surface area contributed by atoms with Crippen molar-refractivity contribution in [3.63, 3.8) is 0 Å². The number of hydrogen-bond donors (Lipinski definition) is 1. The predicted octanol–water partition coefficient (Wildman–Crippen LogP) is 3.68. The van der Waals surface area contributed by atoms with E-state index in [1.165, 1.54) is 11.8 Å². The zero-order valence-corrected chi connectivity index (χ0v) is 18.7. The number of carbonyl (C=O) groups excluding carboxylic acids is 2. The first-order valence-corrected chi connectivity index (χ1v) is 11.2. The summed E-state index contributed by atoms with van der Waals surface area (Å²) in [5, 5.41) is 3.50. The fourth-order valence-corrected chi connectivity index (χ4v) is 5.04. The van der Waals surface area contributed by atoms with Gasteiger partial charge < -0.3 is 15.0 Å². The first-order valence-electron chi connectivity index (χ1n) is 10.2. The van der Waals surface area contributed by atoms with Crippen LogP contribution in [0.2, 0.25) is 0 Å². The van der Waals surface area contributed by atoms with Crippen molar-refractivity contribution in [2.45, 2.75) is 31.9 Å². The third kappa shape index (κ3) is 4.58. The summed E-state index contributed by atoms with van der Waals surface area (Å²) in [7, 11) is 0. The fourth-order valence-electron chi connectivity index (χ4n) is 3.91. The highest BCUT2D eigenvalue weighted by Crippen LogP contribution is 2.45. The van der Waals surface area contributed by atoms with Gasteiger partial charge in [-0.05, 0) is 39.0 Å². The average molecular weight is 439 g/mol. The SMILES string of the molecule is CC(C)(C)OC(=O)N1CC2CSC(NC(=O)c3ccccc3)=NC2(c2cccnc2)C1. The number of fused-ring (bicyclic) bond motifs is 1. The number of carbonyl (C=O) groups is 2. The zero-order chi connectivity index (χ0) is 22.1. The normalized spacial score (nSPS) is 23.0. The van der Waals surface area contributed by atoms with Crippen LogP contribution in [0.3, 0.4) is 0 Å². The van der Waals surface area contributed by atoms with E-state index in [0.717, 1.165) is 11.3 Å². The lowest BCUT2D eigenvalue weighted by Crippen LogP contribution is -2.43. The van der Waals surface area contributed by atoms with Gasteiger partial charge in [-0.15, -0.1) is 0 Å². The molecule has 0 spiro atoms. The number of aliphatic imine (C=N–C) groups is 1. The number of likely N-dealkylation sites (tertiary alicyclic amines) is 1. The molecule has 1 aromatic heterocycles. The molecule has 2 aromatic rings. The summed E-state index contributed by atoms with van der Waals surface area (Å²) in [6.45, 7) is 6.49. The quantitative estimate of drug-likeness (QED) is 0.773. The van der Waals surface area contributed by atoms with Gasteiger partial charge in [0.05, 0.1) is 6.54 Å². The maximum atomic E-state index is 12.8. The molecule has 1 fully saturated rings. The van der Waals surface area contributed by atoms with Gasteiger partial charge in [0, 0.05) is 41.7 Å². The minimum Gasteiger partial charge on any atom is -0.444 e. The number of amidine groups is 1. The number of ether oxygens (including phenoxy) is 1. The molecule has 0 aliphatic carbocycles. The highest BCUT2D eigenvalue weighted by molar-refractivity contribution is 8.13. The van der Waals surface area contributed by atoms with Gasteiger partial charge in [-0.2, -0.15) is 0 Å².